The van der Waals surface area contributed by atoms with Crippen LogP contribution in [0.15, 0.2) is 36.4 Å². The summed E-state index contributed by atoms with van der Waals surface area (Å²) >= 11 is 0. The average molecular weight is 314 g/mol. The summed E-state index contributed by atoms with van der Waals surface area (Å²) in [4.78, 5) is 12.2. The van der Waals surface area contributed by atoms with E-state index in [0.717, 1.165) is 6.07 Å². The van der Waals surface area contributed by atoms with Crippen LogP contribution in [0.2, 0.25) is 0 Å². The molecular formula is C17H12F2N2O2. The number of hydrogen-bond donors (Lipinski definition) is 1. The highest BCUT2D eigenvalue weighted by atomic mass is 19.1. The number of carbonyl (C=O) groups excluding carboxylic acids is 1. The van der Waals surface area contributed by atoms with Gasteiger partial charge in [0.1, 0.15) is 30.1 Å². The first kappa shape index (κ1) is 15.0. The molecule has 0 saturated carbocycles. The summed E-state index contributed by atoms with van der Waals surface area (Å²) in [5.74, 6) is -0.869. The molecule has 1 amide bonds. The van der Waals surface area contributed by atoms with Crippen LogP contribution >= 0.6 is 0 Å². The smallest absolute Gasteiger partial charge is 0.251 e. The van der Waals surface area contributed by atoms with Crippen LogP contribution in [0.1, 0.15) is 21.5 Å². The van der Waals surface area contributed by atoms with Crippen LogP contribution in [0, 0.1) is 23.0 Å². The van der Waals surface area contributed by atoms with Crippen molar-refractivity contribution in [3.05, 3.63) is 64.7 Å². The van der Waals surface area contributed by atoms with Crippen LogP contribution in [0.3, 0.4) is 0 Å². The second kappa shape index (κ2) is 6.05. The zero-order valence-corrected chi connectivity index (χ0v) is 12.0. The summed E-state index contributed by atoms with van der Waals surface area (Å²) in [5.41, 5.74) is 0.677. The largest absolute Gasteiger partial charge is 0.491 e. The fraction of sp³-hybridized carbons (Fsp3) is 0.176. The van der Waals surface area contributed by atoms with Gasteiger partial charge in [0.05, 0.1) is 11.6 Å². The monoisotopic (exact) mass is 314 g/mol. The lowest BCUT2D eigenvalue weighted by Gasteiger charge is -2.26. The zero-order valence-electron chi connectivity index (χ0n) is 12.0. The Labute approximate surface area is 131 Å². The molecule has 0 saturated heterocycles. The molecule has 4 nitrogen and oxygen atoms in total. The minimum absolute atomic E-state index is 0.188. The van der Waals surface area contributed by atoms with Gasteiger partial charge in [0.15, 0.2) is 0 Å². The maximum atomic E-state index is 13.3. The van der Waals surface area contributed by atoms with E-state index >= 15 is 0 Å². The van der Waals surface area contributed by atoms with Gasteiger partial charge < -0.3 is 10.1 Å². The van der Waals surface area contributed by atoms with Gasteiger partial charge in [-0.15, -0.1) is 0 Å². The number of nitriles is 1. The van der Waals surface area contributed by atoms with Gasteiger partial charge >= 0.3 is 0 Å². The number of ether oxygens (including phenoxy) is 1. The van der Waals surface area contributed by atoms with Gasteiger partial charge in [0, 0.05) is 5.56 Å². The van der Waals surface area contributed by atoms with E-state index in [4.69, 9.17) is 10.00 Å². The van der Waals surface area contributed by atoms with Crippen LogP contribution < -0.4 is 10.1 Å². The lowest BCUT2D eigenvalue weighted by Crippen LogP contribution is -2.42. The van der Waals surface area contributed by atoms with E-state index in [0.29, 0.717) is 17.7 Å². The van der Waals surface area contributed by atoms with Crippen molar-refractivity contribution in [1.82, 2.24) is 5.32 Å². The van der Waals surface area contributed by atoms with Gasteiger partial charge in [0.25, 0.3) is 5.91 Å². The van der Waals surface area contributed by atoms with Crippen molar-refractivity contribution >= 4 is 5.91 Å². The highest BCUT2D eigenvalue weighted by Crippen LogP contribution is 2.25. The van der Waals surface area contributed by atoms with Gasteiger partial charge in [0.2, 0.25) is 0 Å². The molecule has 1 N–H and O–H groups in total. The van der Waals surface area contributed by atoms with Gasteiger partial charge in [-0.2, -0.15) is 5.26 Å². The molecular weight excluding hydrogens is 302 g/mol. The van der Waals surface area contributed by atoms with E-state index in [1.54, 1.807) is 12.1 Å². The standard InChI is InChI=1S/C17H12F2N2O2/c18-13-2-4-16-11(6-13)7-14(9-23-16)21-17(22)10-1-3-15(19)12(5-10)8-20/h1-6,14H,7,9H2,(H,21,22). The van der Waals surface area contributed by atoms with Crippen LogP contribution in [0.25, 0.3) is 0 Å². The molecule has 1 aliphatic heterocycles. The summed E-state index contributed by atoms with van der Waals surface area (Å²) in [6, 6.07) is 9.20. The quantitative estimate of drug-likeness (QED) is 0.926. The maximum absolute atomic E-state index is 13.3. The molecule has 0 spiro atoms. The number of fused-ring (bicyclic) bond motifs is 1. The van der Waals surface area contributed by atoms with Crippen molar-refractivity contribution in [2.45, 2.75) is 12.5 Å². The Morgan fingerprint density at radius 2 is 2.09 bits per heavy atom. The van der Waals surface area contributed by atoms with Crippen molar-refractivity contribution < 1.29 is 18.3 Å². The molecule has 3 rings (SSSR count). The van der Waals surface area contributed by atoms with Crippen LogP contribution in [-0.2, 0) is 6.42 Å². The molecule has 23 heavy (non-hydrogen) atoms. The highest BCUT2D eigenvalue weighted by molar-refractivity contribution is 5.94. The minimum Gasteiger partial charge on any atom is -0.491 e. The molecule has 116 valence electrons. The molecule has 0 radical (unpaired) electrons. The van der Waals surface area contributed by atoms with E-state index in [-0.39, 0.29) is 29.6 Å². The van der Waals surface area contributed by atoms with Gasteiger partial charge in [-0.3, -0.25) is 4.79 Å². The van der Waals surface area contributed by atoms with E-state index in [1.807, 2.05) is 0 Å². The number of nitrogens with one attached hydrogen (secondary N) is 1. The number of amides is 1. The minimum atomic E-state index is -0.672. The highest BCUT2D eigenvalue weighted by Gasteiger charge is 2.22. The Morgan fingerprint density at radius 3 is 2.87 bits per heavy atom. The second-order valence-corrected chi connectivity index (χ2v) is 5.24. The molecule has 0 bridgehead atoms. The van der Waals surface area contributed by atoms with E-state index < -0.39 is 11.7 Å². The topological polar surface area (TPSA) is 62.1 Å². The Balaban J connectivity index is 1.73. The summed E-state index contributed by atoms with van der Waals surface area (Å²) in [6.45, 7) is 0.261. The predicted molar refractivity (Wildman–Crippen MR) is 78.0 cm³/mol. The predicted octanol–water partition coefficient (Wildman–Crippen LogP) is 2.57. The lowest BCUT2D eigenvalue weighted by molar-refractivity contribution is 0.0915. The molecule has 1 aliphatic rings. The maximum Gasteiger partial charge on any atom is 0.251 e. The first-order chi connectivity index (χ1) is 11.1. The molecule has 6 heteroatoms. The number of nitrogens with zero attached hydrogens (tertiary/aromatic N) is 1. The molecule has 1 heterocycles. The van der Waals surface area contributed by atoms with Crippen LogP contribution in [0.4, 0.5) is 8.78 Å². The SMILES string of the molecule is N#Cc1cc(C(=O)NC2COc3ccc(F)cc3C2)ccc1F. The van der Waals surface area contributed by atoms with Crippen molar-refractivity contribution in [2.75, 3.05) is 6.61 Å². The van der Waals surface area contributed by atoms with Crippen molar-refractivity contribution in [3.8, 4) is 11.8 Å². The lowest BCUT2D eigenvalue weighted by atomic mass is 10.0. The van der Waals surface area contributed by atoms with E-state index in [2.05, 4.69) is 5.32 Å². The first-order valence-electron chi connectivity index (χ1n) is 6.98. The molecule has 0 aliphatic carbocycles. The fourth-order valence-electron chi connectivity index (χ4n) is 2.48. The zero-order chi connectivity index (χ0) is 16.4. The normalized spacial score (nSPS) is 16.0. The van der Waals surface area contributed by atoms with Crippen molar-refractivity contribution in [2.24, 2.45) is 0 Å². The van der Waals surface area contributed by atoms with Crippen LogP contribution in [-0.4, -0.2) is 18.6 Å². The molecule has 0 aromatic heterocycles. The Morgan fingerprint density at radius 1 is 1.26 bits per heavy atom. The van der Waals surface area contributed by atoms with E-state index in [9.17, 15) is 13.6 Å². The van der Waals surface area contributed by atoms with Crippen LogP contribution in [0.5, 0.6) is 5.75 Å². The number of halogens is 2. The Kier molecular flexibility index (Phi) is 3.94. The molecule has 1 atom stereocenters. The number of carbonyl (C=O) groups is 1. The summed E-state index contributed by atoms with van der Waals surface area (Å²) in [5, 5.41) is 11.6. The van der Waals surface area contributed by atoms with Gasteiger partial charge in [-0.25, -0.2) is 8.78 Å². The Hall–Kier alpha value is -2.94. The van der Waals surface area contributed by atoms with Crippen molar-refractivity contribution in [3.63, 3.8) is 0 Å². The molecule has 2 aromatic carbocycles. The fourth-order valence-corrected chi connectivity index (χ4v) is 2.48. The molecule has 0 fully saturated rings. The third-order valence-corrected chi connectivity index (χ3v) is 3.61. The Bertz CT molecular complexity index is 815. The summed E-state index contributed by atoms with van der Waals surface area (Å²) in [6.07, 6.45) is 0.436. The van der Waals surface area contributed by atoms with Crippen molar-refractivity contribution in [1.29, 1.82) is 5.26 Å². The third-order valence-electron chi connectivity index (χ3n) is 3.61. The van der Waals surface area contributed by atoms with Gasteiger partial charge in [-0.1, -0.05) is 0 Å². The van der Waals surface area contributed by atoms with E-state index in [1.165, 1.54) is 24.3 Å². The molecule has 1 unspecified atom stereocenters. The number of rotatable bonds is 2. The number of benzene rings is 2. The summed E-state index contributed by atoms with van der Waals surface area (Å²) < 4.78 is 32.0. The second-order valence-electron chi connectivity index (χ2n) is 5.24. The molecule has 2 aromatic rings. The first-order valence-corrected chi connectivity index (χ1v) is 6.98. The average Bonchev–Trinajstić information content (AvgIpc) is 2.54. The summed E-state index contributed by atoms with van der Waals surface area (Å²) in [7, 11) is 0. The third kappa shape index (κ3) is 3.14. The van der Waals surface area contributed by atoms with Gasteiger partial charge in [-0.05, 0) is 48.4 Å². The number of hydrogen-bond acceptors (Lipinski definition) is 3.